The van der Waals surface area contributed by atoms with Crippen molar-refractivity contribution in [3.8, 4) is 5.75 Å². The molecule has 1 aliphatic heterocycles. The maximum absolute atomic E-state index is 13.5. The molecule has 0 radical (unpaired) electrons. The molecule has 0 saturated heterocycles. The molecule has 150 valence electrons. The number of methoxy groups -OCH3 is 1. The number of hydrogen-bond acceptors (Lipinski definition) is 4. The highest BCUT2D eigenvalue weighted by atomic mass is 35.5. The van der Waals surface area contributed by atoms with Crippen LogP contribution in [0.2, 0.25) is 5.02 Å². The van der Waals surface area contributed by atoms with Crippen LogP contribution in [0, 0.1) is 6.92 Å². The maximum atomic E-state index is 13.5. The molecule has 3 aromatic carbocycles. The minimum atomic E-state index is -0.440. The lowest BCUT2D eigenvalue weighted by Crippen LogP contribution is -2.32. The lowest BCUT2D eigenvalue weighted by atomic mass is 10.0. The highest BCUT2D eigenvalue weighted by Crippen LogP contribution is 2.37. The quantitative estimate of drug-likeness (QED) is 0.589. The number of anilines is 2. The molecule has 0 spiro atoms. The summed E-state index contributed by atoms with van der Waals surface area (Å²) in [5.74, 6) is -0.359. The van der Waals surface area contributed by atoms with Crippen molar-refractivity contribution in [3.63, 3.8) is 0 Å². The Morgan fingerprint density at radius 1 is 0.900 bits per heavy atom. The van der Waals surface area contributed by atoms with Gasteiger partial charge in [-0.05, 0) is 55.0 Å². The average molecular weight is 419 g/mol. The molecule has 3 aromatic rings. The van der Waals surface area contributed by atoms with Gasteiger partial charge in [-0.15, -0.1) is 0 Å². The van der Waals surface area contributed by atoms with Crippen molar-refractivity contribution in [2.24, 2.45) is 0 Å². The van der Waals surface area contributed by atoms with Gasteiger partial charge in [-0.2, -0.15) is 0 Å². The average Bonchev–Trinajstić information content (AvgIpc) is 2.98. The molecule has 6 heteroatoms. The topological polar surface area (TPSA) is 58.6 Å². The van der Waals surface area contributed by atoms with Crippen molar-refractivity contribution in [3.05, 3.63) is 94.6 Å². The van der Waals surface area contributed by atoms with E-state index in [1.165, 1.54) is 7.11 Å². The fourth-order valence-corrected chi connectivity index (χ4v) is 3.56. The summed E-state index contributed by atoms with van der Waals surface area (Å²) in [6.45, 7) is 1.96. The summed E-state index contributed by atoms with van der Waals surface area (Å²) in [6.07, 6.45) is 0. The number of carbonyl (C=O) groups is 2. The van der Waals surface area contributed by atoms with Gasteiger partial charge in [0.1, 0.15) is 11.4 Å². The van der Waals surface area contributed by atoms with Gasteiger partial charge >= 0.3 is 0 Å². The number of nitrogens with one attached hydrogen (secondary N) is 1. The first-order valence-electron chi connectivity index (χ1n) is 9.35. The monoisotopic (exact) mass is 418 g/mol. The zero-order valence-electron chi connectivity index (χ0n) is 16.5. The smallest absolute Gasteiger partial charge is 0.282 e. The van der Waals surface area contributed by atoms with Crippen molar-refractivity contribution in [1.29, 1.82) is 0 Å². The van der Waals surface area contributed by atoms with Crippen LogP contribution in [-0.2, 0) is 9.59 Å². The van der Waals surface area contributed by atoms with Crippen LogP contribution in [0.1, 0.15) is 11.1 Å². The molecular formula is C24H19ClN2O3. The number of para-hydroxylation sites is 1. The Hall–Kier alpha value is -3.57. The van der Waals surface area contributed by atoms with Crippen LogP contribution in [0.4, 0.5) is 11.4 Å². The number of imide groups is 1. The Bertz CT molecular complexity index is 1170. The van der Waals surface area contributed by atoms with Crippen LogP contribution in [-0.4, -0.2) is 18.9 Å². The third-order valence-electron chi connectivity index (χ3n) is 4.83. The molecule has 0 bridgehead atoms. The molecule has 4 rings (SSSR count). The molecule has 1 N–H and O–H groups in total. The minimum absolute atomic E-state index is 0.199. The van der Waals surface area contributed by atoms with E-state index in [1.54, 1.807) is 42.5 Å². The SMILES string of the molecule is COc1ccccc1C1=C(Nc2cccc(C)c2)C(=O)N(c2ccc(Cl)cc2)C1=O. The van der Waals surface area contributed by atoms with Crippen molar-refractivity contribution < 1.29 is 14.3 Å². The van der Waals surface area contributed by atoms with Gasteiger partial charge in [0, 0.05) is 16.3 Å². The van der Waals surface area contributed by atoms with Crippen LogP contribution in [0.15, 0.2) is 78.5 Å². The number of nitrogens with zero attached hydrogens (tertiary/aromatic N) is 1. The first kappa shape index (κ1) is 19.7. The first-order valence-corrected chi connectivity index (χ1v) is 9.73. The summed E-state index contributed by atoms with van der Waals surface area (Å²) in [7, 11) is 1.53. The van der Waals surface area contributed by atoms with Gasteiger partial charge in [-0.3, -0.25) is 9.59 Å². The summed E-state index contributed by atoms with van der Waals surface area (Å²) >= 11 is 5.98. The van der Waals surface area contributed by atoms with E-state index in [0.717, 1.165) is 16.2 Å². The van der Waals surface area contributed by atoms with Gasteiger partial charge in [-0.25, -0.2) is 4.90 Å². The molecule has 1 heterocycles. The molecule has 1 aliphatic rings. The van der Waals surface area contributed by atoms with E-state index in [-0.39, 0.29) is 11.3 Å². The molecule has 2 amide bonds. The normalized spacial score (nSPS) is 13.8. The Morgan fingerprint density at radius 2 is 1.63 bits per heavy atom. The van der Waals surface area contributed by atoms with E-state index in [9.17, 15) is 9.59 Å². The Balaban J connectivity index is 1.86. The third kappa shape index (κ3) is 3.55. The van der Waals surface area contributed by atoms with Gasteiger partial charge in [0.05, 0.1) is 18.4 Å². The summed E-state index contributed by atoms with van der Waals surface area (Å²) in [6, 6.07) is 21.3. The number of rotatable bonds is 5. The zero-order chi connectivity index (χ0) is 21.3. The van der Waals surface area contributed by atoms with Gasteiger partial charge < -0.3 is 10.1 Å². The lowest BCUT2D eigenvalue weighted by Gasteiger charge is -2.15. The Morgan fingerprint density at radius 3 is 2.33 bits per heavy atom. The van der Waals surface area contributed by atoms with Gasteiger partial charge in [0.15, 0.2) is 0 Å². The predicted octanol–water partition coefficient (Wildman–Crippen LogP) is 5.05. The molecule has 0 saturated carbocycles. The lowest BCUT2D eigenvalue weighted by molar-refractivity contribution is -0.120. The first-order chi connectivity index (χ1) is 14.5. The number of ether oxygens (including phenoxy) is 1. The number of halogens is 1. The largest absolute Gasteiger partial charge is 0.496 e. The molecular weight excluding hydrogens is 400 g/mol. The highest BCUT2D eigenvalue weighted by molar-refractivity contribution is 6.46. The fraction of sp³-hybridized carbons (Fsp3) is 0.0833. The maximum Gasteiger partial charge on any atom is 0.282 e. The predicted molar refractivity (Wildman–Crippen MR) is 119 cm³/mol. The molecule has 0 unspecified atom stereocenters. The number of amides is 2. The molecule has 5 nitrogen and oxygen atoms in total. The van der Waals surface area contributed by atoms with Crippen LogP contribution < -0.4 is 15.0 Å². The summed E-state index contributed by atoms with van der Waals surface area (Å²) in [4.78, 5) is 28.0. The van der Waals surface area contributed by atoms with Crippen LogP contribution >= 0.6 is 11.6 Å². The van der Waals surface area contributed by atoms with Crippen molar-refractivity contribution >= 4 is 40.4 Å². The minimum Gasteiger partial charge on any atom is -0.496 e. The van der Waals surface area contributed by atoms with Crippen molar-refractivity contribution in [2.45, 2.75) is 6.92 Å². The standard InChI is InChI=1S/C24H19ClN2O3/c1-15-6-5-7-17(14-15)26-22-21(19-8-3-4-9-20(19)30-2)23(28)27(24(22)29)18-12-10-16(25)11-13-18/h3-14,26H,1-2H3. The second-order valence-electron chi connectivity index (χ2n) is 6.87. The second kappa shape index (κ2) is 8.05. The third-order valence-corrected chi connectivity index (χ3v) is 5.08. The number of benzene rings is 3. The van der Waals surface area contributed by atoms with Crippen LogP contribution in [0.25, 0.3) is 5.57 Å². The number of hydrogen-bond donors (Lipinski definition) is 1. The molecule has 0 fully saturated rings. The summed E-state index contributed by atoms with van der Waals surface area (Å²) in [5, 5.41) is 3.68. The highest BCUT2D eigenvalue weighted by Gasteiger charge is 2.41. The van der Waals surface area contributed by atoms with Crippen LogP contribution in [0.5, 0.6) is 5.75 Å². The number of carbonyl (C=O) groups excluding carboxylic acids is 2. The van der Waals surface area contributed by atoms with Crippen LogP contribution in [0.3, 0.4) is 0 Å². The molecule has 30 heavy (non-hydrogen) atoms. The summed E-state index contributed by atoms with van der Waals surface area (Å²) < 4.78 is 5.45. The molecule has 0 atom stereocenters. The number of aryl methyl sites for hydroxylation is 1. The molecule has 0 aliphatic carbocycles. The van der Waals surface area contributed by atoms with E-state index in [0.29, 0.717) is 22.0 Å². The van der Waals surface area contributed by atoms with E-state index in [2.05, 4.69) is 5.32 Å². The van der Waals surface area contributed by atoms with E-state index in [1.807, 2.05) is 37.3 Å². The van der Waals surface area contributed by atoms with E-state index in [4.69, 9.17) is 16.3 Å². The van der Waals surface area contributed by atoms with E-state index >= 15 is 0 Å². The summed E-state index contributed by atoms with van der Waals surface area (Å²) in [5.41, 5.74) is 3.20. The van der Waals surface area contributed by atoms with Crippen molar-refractivity contribution in [2.75, 3.05) is 17.3 Å². The molecule has 0 aromatic heterocycles. The Kier molecular flexibility index (Phi) is 5.29. The second-order valence-corrected chi connectivity index (χ2v) is 7.30. The van der Waals surface area contributed by atoms with E-state index < -0.39 is 11.8 Å². The van der Waals surface area contributed by atoms with Gasteiger partial charge in [-0.1, -0.05) is 41.9 Å². The van der Waals surface area contributed by atoms with Gasteiger partial charge in [0.2, 0.25) is 0 Å². The Labute approximate surface area is 179 Å². The van der Waals surface area contributed by atoms with Crippen molar-refractivity contribution in [1.82, 2.24) is 0 Å². The fourth-order valence-electron chi connectivity index (χ4n) is 3.44. The van der Waals surface area contributed by atoms with Gasteiger partial charge in [0.25, 0.3) is 11.8 Å². The zero-order valence-corrected chi connectivity index (χ0v) is 17.2.